The van der Waals surface area contributed by atoms with E-state index in [0.717, 1.165) is 11.1 Å². The number of nitrogens with one attached hydrogen (secondary N) is 1. The Labute approximate surface area is 118 Å². The zero-order valence-corrected chi connectivity index (χ0v) is 13.1. The van der Waals surface area contributed by atoms with Crippen LogP contribution in [0.1, 0.15) is 38.8 Å². The summed E-state index contributed by atoms with van der Waals surface area (Å²) in [7, 11) is -1.20. The molecule has 0 unspecified atom stereocenters. The molecule has 1 amide bonds. The lowest BCUT2D eigenvalue weighted by molar-refractivity contribution is -0.121. The Morgan fingerprint density at radius 2 is 2.00 bits per heavy atom. The van der Waals surface area contributed by atoms with E-state index in [1.807, 2.05) is 52.0 Å². The molecule has 19 heavy (non-hydrogen) atoms. The van der Waals surface area contributed by atoms with Crippen LogP contribution in [0.4, 0.5) is 0 Å². The number of hydrogen-bond donors (Lipinski definition) is 1. The molecule has 3 nitrogen and oxygen atoms in total. The fourth-order valence-corrected chi connectivity index (χ4v) is 2.74. The van der Waals surface area contributed by atoms with Gasteiger partial charge in [0, 0.05) is 22.1 Å². The van der Waals surface area contributed by atoms with Crippen LogP contribution in [-0.2, 0) is 21.3 Å². The number of hydrogen-bond acceptors (Lipinski definition) is 2. The summed E-state index contributed by atoms with van der Waals surface area (Å²) in [6, 6.07) is 7.90. The molecule has 1 rings (SSSR count). The Kier molecular flexibility index (Phi) is 5.29. The van der Waals surface area contributed by atoms with Gasteiger partial charge in [-0.3, -0.25) is 9.00 Å². The monoisotopic (exact) mass is 281 g/mol. The van der Waals surface area contributed by atoms with E-state index in [1.165, 1.54) is 0 Å². The smallest absolute Gasteiger partial charge is 0.235 e. The molecule has 1 N–H and O–H groups in total. The van der Waals surface area contributed by atoms with Gasteiger partial charge < -0.3 is 5.32 Å². The Morgan fingerprint density at radius 1 is 1.37 bits per heavy atom. The van der Waals surface area contributed by atoms with Gasteiger partial charge in [-0.2, -0.15) is 0 Å². The van der Waals surface area contributed by atoms with Gasteiger partial charge in [-0.1, -0.05) is 29.8 Å². The molecule has 0 aliphatic carbocycles. The van der Waals surface area contributed by atoms with Crippen molar-refractivity contribution in [3.63, 3.8) is 0 Å². The second kappa shape index (κ2) is 6.33. The van der Waals surface area contributed by atoms with Crippen LogP contribution in [0.3, 0.4) is 0 Å². The molecule has 1 aromatic rings. The Balaban J connectivity index is 2.65. The van der Waals surface area contributed by atoms with Gasteiger partial charge in [-0.25, -0.2) is 0 Å². The Bertz CT molecular complexity index is 477. The van der Waals surface area contributed by atoms with Crippen molar-refractivity contribution in [3.8, 4) is 0 Å². The van der Waals surface area contributed by atoms with E-state index in [0.29, 0.717) is 5.75 Å². The molecule has 0 aliphatic heterocycles. The first-order chi connectivity index (χ1) is 8.69. The lowest BCUT2D eigenvalue weighted by atomic mass is 10.1. The van der Waals surface area contributed by atoms with Crippen LogP contribution in [0.5, 0.6) is 0 Å². The molecule has 0 aliphatic rings. The van der Waals surface area contributed by atoms with Gasteiger partial charge in [0.25, 0.3) is 0 Å². The van der Waals surface area contributed by atoms with Crippen molar-refractivity contribution < 1.29 is 9.00 Å². The van der Waals surface area contributed by atoms with Gasteiger partial charge in [0.1, 0.15) is 5.25 Å². The summed E-state index contributed by atoms with van der Waals surface area (Å²) < 4.78 is 12.2. The van der Waals surface area contributed by atoms with Crippen molar-refractivity contribution in [1.82, 2.24) is 5.32 Å². The Morgan fingerprint density at radius 3 is 2.53 bits per heavy atom. The molecule has 4 heteroatoms. The molecule has 0 saturated heterocycles. The third kappa shape index (κ3) is 5.55. The quantitative estimate of drug-likeness (QED) is 0.922. The maximum atomic E-state index is 12.2. The summed E-state index contributed by atoms with van der Waals surface area (Å²) in [4.78, 5) is 12.0. The van der Waals surface area contributed by atoms with Gasteiger partial charge in [0.05, 0.1) is 0 Å². The zero-order valence-electron chi connectivity index (χ0n) is 12.3. The number of carbonyl (C=O) groups is 1. The number of aryl methyl sites for hydroxylation is 1. The number of amides is 1. The predicted molar refractivity (Wildman–Crippen MR) is 80.4 cm³/mol. The highest BCUT2D eigenvalue weighted by molar-refractivity contribution is 7.85. The van der Waals surface area contributed by atoms with E-state index < -0.39 is 16.0 Å². The van der Waals surface area contributed by atoms with Crippen LogP contribution < -0.4 is 5.32 Å². The molecule has 0 bridgehead atoms. The first-order valence-corrected chi connectivity index (χ1v) is 7.82. The van der Waals surface area contributed by atoms with Gasteiger partial charge in [-0.05, 0) is 40.2 Å². The fourth-order valence-electron chi connectivity index (χ4n) is 1.68. The molecule has 0 radical (unpaired) electrons. The highest BCUT2D eigenvalue weighted by atomic mass is 32.2. The maximum absolute atomic E-state index is 12.2. The second-order valence-corrected chi connectivity index (χ2v) is 7.65. The predicted octanol–water partition coefficient (Wildman–Crippen LogP) is 2.55. The van der Waals surface area contributed by atoms with E-state index in [4.69, 9.17) is 0 Å². The normalized spacial score (nSPS) is 14.8. The molecule has 0 saturated carbocycles. The molecular weight excluding hydrogens is 258 g/mol. The summed E-state index contributed by atoms with van der Waals surface area (Å²) in [6.07, 6.45) is 0. The van der Waals surface area contributed by atoms with Crippen molar-refractivity contribution in [3.05, 3.63) is 35.4 Å². The number of rotatable bonds is 4. The lowest BCUT2D eigenvalue weighted by Gasteiger charge is -2.23. The topological polar surface area (TPSA) is 46.2 Å². The highest BCUT2D eigenvalue weighted by Gasteiger charge is 2.23. The van der Waals surface area contributed by atoms with Crippen molar-refractivity contribution in [2.45, 2.75) is 51.2 Å². The van der Waals surface area contributed by atoms with Crippen LogP contribution >= 0.6 is 0 Å². The van der Waals surface area contributed by atoms with Crippen molar-refractivity contribution >= 4 is 16.7 Å². The van der Waals surface area contributed by atoms with E-state index in [2.05, 4.69) is 5.32 Å². The summed E-state index contributed by atoms with van der Waals surface area (Å²) in [5, 5.41) is 2.36. The summed E-state index contributed by atoms with van der Waals surface area (Å²) in [5.41, 5.74) is 1.86. The zero-order chi connectivity index (χ0) is 14.6. The summed E-state index contributed by atoms with van der Waals surface area (Å²) in [5.74, 6) is 0.263. The summed E-state index contributed by atoms with van der Waals surface area (Å²) >= 11 is 0. The third-order valence-corrected chi connectivity index (χ3v) is 4.27. The minimum Gasteiger partial charge on any atom is -0.350 e. The number of carbonyl (C=O) groups excluding carboxylic acids is 1. The molecular formula is C15H23NO2S. The number of benzene rings is 1. The molecule has 0 spiro atoms. The molecule has 0 fully saturated rings. The van der Waals surface area contributed by atoms with Crippen LogP contribution in [0.25, 0.3) is 0 Å². The minimum atomic E-state index is -1.20. The van der Waals surface area contributed by atoms with Gasteiger partial charge in [0.2, 0.25) is 5.91 Å². The first-order valence-electron chi connectivity index (χ1n) is 6.44. The molecule has 2 atom stereocenters. The molecule has 1 aromatic carbocycles. The van der Waals surface area contributed by atoms with Crippen LogP contribution in [0.2, 0.25) is 0 Å². The highest BCUT2D eigenvalue weighted by Crippen LogP contribution is 2.11. The lowest BCUT2D eigenvalue weighted by Crippen LogP contribution is -2.46. The SMILES string of the molecule is Cc1cccc(C[S@](=O)[C@@H](C)C(=O)NC(C)(C)C)c1. The van der Waals surface area contributed by atoms with Crippen LogP contribution in [-0.4, -0.2) is 20.9 Å². The maximum Gasteiger partial charge on any atom is 0.235 e. The Hall–Kier alpha value is -1.16. The largest absolute Gasteiger partial charge is 0.350 e. The van der Waals surface area contributed by atoms with Crippen LogP contribution in [0.15, 0.2) is 24.3 Å². The van der Waals surface area contributed by atoms with Crippen molar-refractivity contribution in [1.29, 1.82) is 0 Å². The fraction of sp³-hybridized carbons (Fsp3) is 0.533. The molecule has 0 heterocycles. The van der Waals surface area contributed by atoms with E-state index in [9.17, 15) is 9.00 Å². The van der Waals surface area contributed by atoms with E-state index >= 15 is 0 Å². The minimum absolute atomic E-state index is 0.154. The molecule has 106 valence electrons. The second-order valence-electron chi connectivity index (χ2n) is 5.90. The van der Waals surface area contributed by atoms with Crippen LogP contribution in [0, 0.1) is 6.92 Å². The van der Waals surface area contributed by atoms with E-state index in [1.54, 1.807) is 6.92 Å². The van der Waals surface area contributed by atoms with Gasteiger partial charge >= 0.3 is 0 Å². The summed E-state index contributed by atoms with van der Waals surface area (Å²) in [6.45, 7) is 9.47. The standard InChI is InChI=1S/C15H23NO2S/c1-11-7-6-8-13(9-11)10-19(18)12(2)14(17)16-15(3,4)5/h6-9,12H,10H2,1-5H3,(H,16,17)/t12-,19-/m0/s1. The average molecular weight is 281 g/mol. The van der Waals surface area contributed by atoms with Gasteiger partial charge in [-0.15, -0.1) is 0 Å². The van der Waals surface area contributed by atoms with Crippen molar-refractivity contribution in [2.75, 3.05) is 0 Å². The third-order valence-electron chi connectivity index (χ3n) is 2.65. The van der Waals surface area contributed by atoms with Gasteiger partial charge in [0.15, 0.2) is 0 Å². The van der Waals surface area contributed by atoms with E-state index in [-0.39, 0.29) is 11.4 Å². The molecule has 0 aromatic heterocycles. The van der Waals surface area contributed by atoms with Crippen molar-refractivity contribution in [2.24, 2.45) is 0 Å². The average Bonchev–Trinajstić information content (AvgIpc) is 2.25. The first kappa shape index (κ1) is 15.9.